The van der Waals surface area contributed by atoms with E-state index in [0.29, 0.717) is 19.6 Å². The first-order valence-electron chi connectivity index (χ1n) is 8.00. The van der Waals surface area contributed by atoms with E-state index in [0.717, 1.165) is 35.4 Å². The fraction of sp³-hybridized carbons (Fsp3) is 0.353. The Morgan fingerprint density at radius 1 is 1.17 bits per heavy atom. The molecular formula is C17H20BrN5O. The van der Waals surface area contributed by atoms with E-state index in [-0.39, 0.29) is 6.03 Å². The predicted octanol–water partition coefficient (Wildman–Crippen LogP) is 2.31. The molecule has 0 radical (unpaired) electrons. The zero-order valence-corrected chi connectivity index (χ0v) is 14.9. The number of piperazine rings is 1. The van der Waals surface area contributed by atoms with Crippen LogP contribution in [-0.4, -0.2) is 53.6 Å². The van der Waals surface area contributed by atoms with Crippen molar-refractivity contribution in [2.45, 2.75) is 6.42 Å². The van der Waals surface area contributed by atoms with Gasteiger partial charge in [0.25, 0.3) is 0 Å². The molecule has 0 unspecified atom stereocenters. The van der Waals surface area contributed by atoms with Crippen LogP contribution in [0.5, 0.6) is 0 Å². The van der Waals surface area contributed by atoms with Crippen molar-refractivity contribution >= 4 is 27.8 Å². The summed E-state index contributed by atoms with van der Waals surface area (Å²) in [6, 6.07) is 7.91. The summed E-state index contributed by atoms with van der Waals surface area (Å²) < 4.78 is 0.970. The summed E-state index contributed by atoms with van der Waals surface area (Å²) in [5.74, 6) is 0.954. The van der Waals surface area contributed by atoms with Crippen LogP contribution in [0.25, 0.3) is 0 Å². The maximum atomic E-state index is 12.2. The lowest BCUT2D eigenvalue weighted by molar-refractivity contribution is 0.194. The highest BCUT2D eigenvalue weighted by Gasteiger charge is 2.21. The molecule has 0 aromatic carbocycles. The number of halogens is 1. The number of hydrogen-bond acceptors (Lipinski definition) is 4. The summed E-state index contributed by atoms with van der Waals surface area (Å²) >= 11 is 3.39. The van der Waals surface area contributed by atoms with Crippen molar-refractivity contribution in [2.24, 2.45) is 0 Å². The molecule has 0 aliphatic carbocycles. The van der Waals surface area contributed by atoms with Gasteiger partial charge in [0.05, 0.1) is 0 Å². The molecule has 1 aliphatic rings. The predicted molar refractivity (Wildman–Crippen MR) is 97.1 cm³/mol. The van der Waals surface area contributed by atoms with Crippen molar-refractivity contribution in [1.29, 1.82) is 0 Å². The number of rotatable bonds is 4. The minimum absolute atomic E-state index is 0.00213. The van der Waals surface area contributed by atoms with Crippen LogP contribution in [0.3, 0.4) is 0 Å². The van der Waals surface area contributed by atoms with Gasteiger partial charge < -0.3 is 15.1 Å². The standard InChI is InChI=1S/C17H20BrN5O/c18-15-3-4-16(21-13-15)22-8-10-23(11-9-22)17(24)20-7-5-14-2-1-6-19-12-14/h1-4,6,12-13H,5,7-11H2,(H,20,24). The van der Waals surface area contributed by atoms with Crippen molar-refractivity contribution in [1.82, 2.24) is 20.2 Å². The maximum absolute atomic E-state index is 12.2. The number of carbonyl (C=O) groups excluding carboxylic acids is 1. The minimum Gasteiger partial charge on any atom is -0.353 e. The Labute approximate surface area is 150 Å². The van der Waals surface area contributed by atoms with Gasteiger partial charge >= 0.3 is 6.03 Å². The fourth-order valence-corrected chi connectivity index (χ4v) is 2.90. The topological polar surface area (TPSA) is 61.4 Å². The second-order valence-corrected chi connectivity index (χ2v) is 6.57. The Balaban J connectivity index is 1.42. The van der Waals surface area contributed by atoms with Crippen LogP contribution in [0.15, 0.2) is 47.3 Å². The normalized spacial score (nSPS) is 14.5. The molecule has 1 N–H and O–H groups in total. The molecule has 2 aromatic heterocycles. The molecular weight excluding hydrogens is 370 g/mol. The third-order valence-corrected chi connectivity index (χ3v) is 4.48. The van der Waals surface area contributed by atoms with E-state index in [4.69, 9.17) is 0 Å². The van der Waals surface area contributed by atoms with E-state index in [1.165, 1.54) is 0 Å². The van der Waals surface area contributed by atoms with Gasteiger partial charge in [-0.1, -0.05) is 6.07 Å². The summed E-state index contributed by atoms with van der Waals surface area (Å²) in [5, 5.41) is 2.98. The molecule has 2 amide bonds. The molecule has 7 heteroatoms. The van der Waals surface area contributed by atoms with Gasteiger partial charge in [-0.15, -0.1) is 0 Å². The second-order valence-electron chi connectivity index (χ2n) is 5.65. The molecule has 0 spiro atoms. The van der Waals surface area contributed by atoms with Gasteiger partial charge in [-0.25, -0.2) is 9.78 Å². The molecule has 1 fully saturated rings. The highest BCUT2D eigenvalue weighted by Crippen LogP contribution is 2.16. The first-order chi connectivity index (χ1) is 11.7. The fourth-order valence-electron chi connectivity index (χ4n) is 2.67. The SMILES string of the molecule is O=C(NCCc1cccnc1)N1CCN(c2ccc(Br)cn2)CC1. The molecule has 0 saturated carbocycles. The third-order valence-electron chi connectivity index (χ3n) is 4.02. The first-order valence-corrected chi connectivity index (χ1v) is 8.80. The summed E-state index contributed by atoms with van der Waals surface area (Å²) in [6.07, 6.45) is 6.17. The van der Waals surface area contributed by atoms with Crippen LogP contribution >= 0.6 is 15.9 Å². The number of carbonyl (C=O) groups is 1. The number of anilines is 1. The van der Waals surface area contributed by atoms with Crippen molar-refractivity contribution in [3.8, 4) is 0 Å². The maximum Gasteiger partial charge on any atom is 0.317 e. The second kappa shape index (κ2) is 8.10. The van der Waals surface area contributed by atoms with Crippen LogP contribution in [0, 0.1) is 0 Å². The summed E-state index contributed by atoms with van der Waals surface area (Å²) in [6.45, 7) is 3.63. The number of pyridine rings is 2. The lowest BCUT2D eigenvalue weighted by atomic mass is 10.2. The van der Waals surface area contributed by atoms with Gasteiger partial charge in [0, 0.05) is 55.8 Å². The molecule has 2 aromatic rings. The molecule has 3 heterocycles. The number of nitrogens with zero attached hydrogens (tertiary/aromatic N) is 4. The highest BCUT2D eigenvalue weighted by atomic mass is 79.9. The Kier molecular flexibility index (Phi) is 5.63. The zero-order chi connectivity index (χ0) is 16.8. The summed E-state index contributed by atoms with van der Waals surface area (Å²) in [4.78, 5) is 24.8. The number of amides is 2. The van der Waals surface area contributed by atoms with Crippen molar-refractivity contribution in [2.75, 3.05) is 37.6 Å². The first kappa shape index (κ1) is 16.7. The van der Waals surface area contributed by atoms with Crippen molar-refractivity contribution in [3.05, 3.63) is 52.9 Å². The lowest BCUT2D eigenvalue weighted by Gasteiger charge is -2.35. The molecule has 126 valence electrons. The van der Waals surface area contributed by atoms with Crippen molar-refractivity contribution in [3.63, 3.8) is 0 Å². The molecule has 6 nitrogen and oxygen atoms in total. The average Bonchev–Trinajstić information content (AvgIpc) is 2.63. The Morgan fingerprint density at radius 2 is 2.00 bits per heavy atom. The van der Waals surface area contributed by atoms with Crippen LogP contribution in [0.1, 0.15) is 5.56 Å². The van der Waals surface area contributed by atoms with Gasteiger partial charge in [-0.05, 0) is 46.1 Å². The zero-order valence-electron chi connectivity index (χ0n) is 13.4. The molecule has 1 aliphatic heterocycles. The van der Waals surface area contributed by atoms with E-state index < -0.39 is 0 Å². The van der Waals surface area contributed by atoms with E-state index in [1.54, 1.807) is 12.4 Å². The van der Waals surface area contributed by atoms with Gasteiger partial charge in [0.15, 0.2) is 0 Å². The largest absolute Gasteiger partial charge is 0.353 e. The highest BCUT2D eigenvalue weighted by molar-refractivity contribution is 9.10. The van der Waals surface area contributed by atoms with E-state index in [1.807, 2.05) is 35.4 Å². The number of urea groups is 1. The summed E-state index contributed by atoms with van der Waals surface area (Å²) in [7, 11) is 0. The van der Waals surface area contributed by atoms with Crippen LogP contribution in [-0.2, 0) is 6.42 Å². The summed E-state index contributed by atoms with van der Waals surface area (Å²) in [5.41, 5.74) is 1.13. The molecule has 3 rings (SSSR count). The van der Waals surface area contributed by atoms with Crippen LogP contribution in [0.4, 0.5) is 10.6 Å². The quantitative estimate of drug-likeness (QED) is 0.871. The molecule has 1 saturated heterocycles. The lowest BCUT2D eigenvalue weighted by Crippen LogP contribution is -2.52. The van der Waals surface area contributed by atoms with E-state index in [2.05, 4.69) is 36.1 Å². The Morgan fingerprint density at radius 3 is 2.67 bits per heavy atom. The molecule has 24 heavy (non-hydrogen) atoms. The molecule has 0 bridgehead atoms. The minimum atomic E-state index is 0.00213. The third kappa shape index (κ3) is 4.44. The average molecular weight is 390 g/mol. The monoisotopic (exact) mass is 389 g/mol. The Hall–Kier alpha value is -2.15. The van der Waals surface area contributed by atoms with E-state index >= 15 is 0 Å². The number of hydrogen-bond donors (Lipinski definition) is 1. The van der Waals surface area contributed by atoms with Gasteiger partial charge in [-0.3, -0.25) is 4.98 Å². The van der Waals surface area contributed by atoms with Gasteiger partial charge in [0.2, 0.25) is 0 Å². The van der Waals surface area contributed by atoms with Crippen molar-refractivity contribution < 1.29 is 4.79 Å². The molecule has 0 atom stereocenters. The van der Waals surface area contributed by atoms with Crippen LogP contribution < -0.4 is 10.2 Å². The smallest absolute Gasteiger partial charge is 0.317 e. The van der Waals surface area contributed by atoms with Gasteiger partial charge in [0.1, 0.15) is 5.82 Å². The van der Waals surface area contributed by atoms with E-state index in [9.17, 15) is 4.79 Å². The number of aromatic nitrogens is 2. The van der Waals surface area contributed by atoms with Gasteiger partial charge in [-0.2, -0.15) is 0 Å². The Bertz CT molecular complexity index is 656. The number of nitrogens with one attached hydrogen (secondary N) is 1. The van der Waals surface area contributed by atoms with Crippen LogP contribution in [0.2, 0.25) is 0 Å².